The lowest BCUT2D eigenvalue weighted by molar-refractivity contribution is 0.119. The fourth-order valence-corrected chi connectivity index (χ4v) is 3.86. The normalized spacial score (nSPS) is 21.7. The first-order valence-electron chi connectivity index (χ1n) is 9.37. The number of morpholine rings is 3. The standard InChI is InChI=1S/C18H24F3N3O3/c19-13-14(20)16(22-1-7-25-8-2-22)18(24-5-11-27-12-6-24)17(15(13)21)23-3-9-26-10-4-23/h1-12H2. The summed E-state index contributed by atoms with van der Waals surface area (Å²) < 4.78 is 60.7. The summed E-state index contributed by atoms with van der Waals surface area (Å²) in [6.07, 6.45) is 0. The van der Waals surface area contributed by atoms with Crippen molar-refractivity contribution < 1.29 is 27.4 Å². The number of hydrogen-bond acceptors (Lipinski definition) is 6. The highest BCUT2D eigenvalue weighted by Gasteiger charge is 2.35. The van der Waals surface area contributed by atoms with Gasteiger partial charge in [-0.1, -0.05) is 0 Å². The van der Waals surface area contributed by atoms with Crippen LogP contribution in [0.1, 0.15) is 0 Å². The van der Waals surface area contributed by atoms with Crippen LogP contribution in [0.5, 0.6) is 0 Å². The monoisotopic (exact) mass is 387 g/mol. The Bertz CT molecular complexity index is 629. The number of rotatable bonds is 3. The van der Waals surface area contributed by atoms with Crippen LogP contribution in [0, 0.1) is 17.5 Å². The number of nitrogens with zero attached hydrogens (tertiary/aromatic N) is 3. The summed E-state index contributed by atoms with van der Waals surface area (Å²) in [7, 11) is 0. The zero-order chi connectivity index (χ0) is 18.8. The van der Waals surface area contributed by atoms with Gasteiger partial charge in [0.15, 0.2) is 17.5 Å². The summed E-state index contributed by atoms with van der Waals surface area (Å²) in [5, 5.41) is 0. The number of benzene rings is 1. The van der Waals surface area contributed by atoms with E-state index in [9.17, 15) is 4.39 Å². The van der Waals surface area contributed by atoms with Gasteiger partial charge in [0.05, 0.1) is 45.3 Å². The molecule has 1 aromatic carbocycles. The summed E-state index contributed by atoms with van der Waals surface area (Å²) in [5.41, 5.74) is 0.666. The highest BCUT2D eigenvalue weighted by molar-refractivity contribution is 5.86. The molecule has 0 radical (unpaired) electrons. The molecule has 0 aliphatic carbocycles. The first-order chi connectivity index (χ1) is 13.2. The molecule has 0 aromatic heterocycles. The van der Waals surface area contributed by atoms with Crippen molar-refractivity contribution in [1.29, 1.82) is 0 Å². The van der Waals surface area contributed by atoms with Gasteiger partial charge in [0.2, 0.25) is 0 Å². The molecule has 0 unspecified atom stereocenters. The van der Waals surface area contributed by atoms with Gasteiger partial charge in [0.25, 0.3) is 0 Å². The maximum Gasteiger partial charge on any atom is 0.198 e. The van der Waals surface area contributed by atoms with E-state index in [1.807, 2.05) is 4.90 Å². The summed E-state index contributed by atoms with van der Waals surface area (Å²) >= 11 is 0. The zero-order valence-corrected chi connectivity index (χ0v) is 15.2. The van der Waals surface area contributed by atoms with Crippen molar-refractivity contribution in [2.45, 2.75) is 0 Å². The Morgan fingerprint density at radius 1 is 0.444 bits per heavy atom. The molecule has 150 valence electrons. The van der Waals surface area contributed by atoms with Crippen LogP contribution in [-0.4, -0.2) is 78.9 Å². The van der Waals surface area contributed by atoms with Gasteiger partial charge >= 0.3 is 0 Å². The average Bonchev–Trinajstić information content (AvgIpc) is 2.73. The fraction of sp³-hybridized carbons (Fsp3) is 0.667. The number of halogens is 3. The second kappa shape index (κ2) is 8.12. The summed E-state index contributed by atoms with van der Waals surface area (Å²) in [6.45, 7) is 5.35. The van der Waals surface area contributed by atoms with Gasteiger partial charge in [0, 0.05) is 39.3 Å². The minimum Gasteiger partial charge on any atom is -0.378 e. The highest BCUT2D eigenvalue weighted by atomic mass is 19.2. The zero-order valence-electron chi connectivity index (χ0n) is 15.2. The van der Waals surface area contributed by atoms with Crippen LogP contribution < -0.4 is 14.7 Å². The van der Waals surface area contributed by atoms with Crippen molar-refractivity contribution in [3.8, 4) is 0 Å². The lowest BCUT2D eigenvalue weighted by Gasteiger charge is -2.40. The maximum atomic E-state index is 15.0. The molecular formula is C18H24F3N3O3. The van der Waals surface area contributed by atoms with Gasteiger partial charge in [-0.15, -0.1) is 0 Å². The Balaban J connectivity index is 1.88. The lowest BCUT2D eigenvalue weighted by atomic mass is 10.1. The van der Waals surface area contributed by atoms with Gasteiger partial charge in [-0.2, -0.15) is 0 Å². The van der Waals surface area contributed by atoms with E-state index in [1.54, 1.807) is 9.80 Å². The molecule has 3 aliphatic rings. The van der Waals surface area contributed by atoms with Crippen LogP contribution >= 0.6 is 0 Å². The molecule has 0 N–H and O–H groups in total. The Morgan fingerprint density at radius 3 is 1.07 bits per heavy atom. The van der Waals surface area contributed by atoms with Crippen molar-refractivity contribution in [1.82, 2.24) is 0 Å². The van der Waals surface area contributed by atoms with E-state index in [0.717, 1.165) is 0 Å². The number of anilines is 3. The second-order valence-corrected chi connectivity index (χ2v) is 6.79. The predicted octanol–water partition coefficient (Wildman–Crippen LogP) is 1.61. The molecular weight excluding hydrogens is 363 g/mol. The van der Waals surface area contributed by atoms with Gasteiger partial charge in [0.1, 0.15) is 11.4 Å². The van der Waals surface area contributed by atoms with Gasteiger partial charge < -0.3 is 28.9 Å². The molecule has 4 rings (SSSR count). The Hall–Kier alpha value is -1.71. The van der Waals surface area contributed by atoms with Crippen molar-refractivity contribution in [3.05, 3.63) is 17.5 Å². The van der Waals surface area contributed by atoms with Gasteiger partial charge in [-0.3, -0.25) is 0 Å². The van der Waals surface area contributed by atoms with Gasteiger partial charge in [-0.05, 0) is 0 Å². The molecule has 0 atom stereocenters. The first kappa shape index (κ1) is 18.6. The molecule has 0 bridgehead atoms. The van der Waals surface area contributed by atoms with Crippen LogP contribution in [-0.2, 0) is 14.2 Å². The third kappa shape index (κ3) is 3.55. The molecule has 6 nitrogen and oxygen atoms in total. The summed E-state index contributed by atoms with van der Waals surface area (Å²) in [4.78, 5) is 5.43. The number of hydrogen-bond donors (Lipinski definition) is 0. The Labute approximate surface area is 156 Å². The maximum absolute atomic E-state index is 15.0. The van der Waals surface area contributed by atoms with Crippen LogP contribution in [0.2, 0.25) is 0 Å². The molecule has 0 amide bonds. The van der Waals surface area contributed by atoms with E-state index in [-0.39, 0.29) is 11.4 Å². The van der Waals surface area contributed by atoms with Crippen LogP contribution in [0.25, 0.3) is 0 Å². The number of ether oxygens (including phenoxy) is 3. The molecule has 1 aromatic rings. The van der Waals surface area contributed by atoms with Crippen molar-refractivity contribution in [3.63, 3.8) is 0 Å². The predicted molar refractivity (Wildman–Crippen MR) is 95.4 cm³/mol. The topological polar surface area (TPSA) is 37.4 Å². The molecule has 0 saturated carbocycles. The molecule has 3 saturated heterocycles. The van der Waals surface area contributed by atoms with E-state index in [4.69, 9.17) is 14.2 Å². The lowest BCUT2D eigenvalue weighted by Crippen LogP contribution is -2.44. The molecule has 3 heterocycles. The van der Waals surface area contributed by atoms with Crippen molar-refractivity contribution in [2.24, 2.45) is 0 Å². The largest absolute Gasteiger partial charge is 0.378 e. The molecule has 27 heavy (non-hydrogen) atoms. The fourth-order valence-electron chi connectivity index (χ4n) is 3.86. The average molecular weight is 387 g/mol. The van der Waals surface area contributed by atoms with Crippen LogP contribution in [0.3, 0.4) is 0 Å². The SMILES string of the molecule is Fc1c(F)c(N2CCOCC2)c(N2CCOCC2)c(N2CCOCC2)c1F. The van der Waals surface area contributed by atoms with E-state index in [0.29, 0.717) is 84.6 Å². The van der Waals surface area contributed by atoms with E-state index < -0.39 is 17.5 Å². The molecule has 0 spiro atoms. The third-order valence-electron chi connectivity index (χ3n) is 5.23. The van der Waals surface area contributed by atoms with Crippen LogP contribution in [0.15, 0.2) is 0 Å². The minimum absolute atomic E-state index is 0.126. The first-order valence-corrected chi connectivity index (χ1v) is 9.37. The van der Waals surface area contributed by atoms with E-state index >= 15 is 8.78 Å². The Morgan fingerprint density at radius 2 is 0.741 bits per heavy atom. The highest BCUT2D eigenvalue weighted by Crippen LogP contribution is 2.45. The summed E-state index contributed by atoms with van der Waals surface area (Å²) in [6, 6.07) is 0. The Kier molecular flexibility index (Phi) is 5.60. The smallest absolute Gasteiger partial charge is 0.198 e. The van der Waals surface area contributed by atoms with E-state index in [1.165, 1.54) is 0 Å². The minimum atomic E-state index is -1.42. The van der Waals surface area contributed by atoms with E-state index in [2.05, 4.69) is 0 Å². The molecule has 3 fully saturated rings. The van der Waals surface area contributed by atoms with Crippen molar-refractivity contribution in [2.75, 3.05) is 93.6 Å². The molecule has 9 heteroatoms. The summed E-state index contributed by atoms with van der Waals surface area (Å²) in [5.74, 6) is -3.68. The van der Waals surface area contributed by atoms with Gasteiger partial charge in [-0.25, -0.2) is 13.2 Å². The second-order valence-electron chi connectivity index (χ2n) is 6.79. The third-order valence-corrected chi connectivity index (χ3v) is 5.23. The van der Waals surface area contributed by atoms with Crippen LogP contribution in [0.4, 0.5) is 30.2 Å². The quantitative estimate of drug-likeness (QED) is 0.734. The van der Waals surface area contributed by atoms with Crippen molar-refractivity contribution >= 4 is 17.1 Å². The molecule has 3 aliphatic heterocycles.